The lowest BCUT2D eigenvalue weighted by atomic mass is 10.1. The van der Waals surface area contributed by atoms with Crippen LogP contribution in [0.4, 0.5) is 4.79 Å². The van der Waals surface area contributed by atoms with Gasteiger partial charge in [-0.1, -0.05) is 13.8 Å². The SMILES string of the molecule is CCn1nc(CN2CCN(C(=O)NCCC(C)C)CC2)c2c1CCOC2. The molecule has 3 rings (SSSR count). The predicted molar refractivity (Wildman–Crippen MR) is 101 cm³/mol. The molecule has 0 atom stereocenters. The van der Waals surface area contributed by atoms with E-state index >= 15 is 0 Å². The van der Waals surface area contributed by atoms with E-state index in [9.17, 15) is 4.79 Å². The molecule has 0 spiro atoms. The van der Waals surface area contributed by atoms with E-state index in [-0.39, 0.29) is 6.03 Å². The third kappa shape index (κ3) is 4.57. The lowest BCUT2D eigenvalue weighted by molar-refractivity contribution is 0.106. The van der Waals surface area contributed by atoms with Crippen molar-refractivity contribution in [2.45, 2.75) is 53.3 Å². The summed E-state index contributed by atoms with van der Waals surface area (Å²) in [5.41, 5.74) is 3.78. The summed E-state index contributed by atoms with van der Waals surface area (Å²) in [6.07, 6.45) is 1.99. The van der Waals surface area contributed by atoms with Crippen LogP contribution in [0.15, 0.2) is 0 Å². The van der Waals surface area contributed by atoms with Gasteiger partial charge in [0, 0.05) is 63.5 Å². The Morgan fingerprint density at radius 1 is 1.27 bits per heavy atom. The average Bonchev–Trinajstić information content (AvgIpc) is 3.00. The summed E-state index contributed by atoms with van der Waals surface area (Å²) in [6.45, 7) is 13.8. The molecule has 7 nitrogen and oxygen atoms in total. The first-order valence-corrected chi connectivity index (χ1v) is 9.98. The van der Waals surface area contributed by atoms with E-state index in [1.165, 1.54) is 11.3 Å². The molecule has 146 valence electrons. The van der Waals surface area contributed by atoms with Gasteiger partial charge in [-0.15, -0.1) is 0 Å². The van der Waals surface area contributed by atoms with Gasteiger partial charge in [0.05, 0.1) is 18.9 Å². The van der Waals surface area contributed by atoms with E-state index in [0.29, 0.717) is 12.5 Å². The maximum Gasteiger partial charge on any atom is 0.317 e. The lowest BCUT2D eigenvalue weighted by Gasteiger charge is -2.34. The van der Waals surface area contributed by atoms with Crippen LogP contribution in [-0.2, 0) is 30.9 Å². The Labute approximate surface area is 156 Å². The Bertz CT molecular complexity index is 605. The van der Waals surface area contributed by atoms with Crippen LogP contribution in [0.2, 0.25) is 0 Å². The maximum atomic E-state index is 12.2. The number of amides is 2. The van der Waals surface area contributed by atoms with Crippen molar-refractivity contribution in [1.29, 1.82) is 0 Å². The minimum atomic E-state index is 0.0753. The van der Waals surface area contributed by atoms with Gasteiger partial charge in [0.15, 0.2) is 0 Å². The molecule has 1 aromatic heterocycles. The number of fused-ring (bicyclic) bond motifs is 1. The number of urea groups is 1. The van der Waals surface area contributed by atoms with Crippen molar-refractivity contribution in [2.24, 2.45) is 5.92 Å². The Hall–Kier alpha value is -1.60. The molecule has 1 N–H and O–H groups in total. The van der Waals surface area contributed by atoms with E-state index in [2.05, 4.69) is 35.7 Å². The topological polar surface area (TPSA) is 62.6 Å². The second-order valence-corrected chi connectivity index (χ2v) is 7.67. The normalized spacial score (nSPS) is 18.2. The summed E-state index contributed by atoms with van der Waals surface area (Å²) in [6, 6.07) is 0.0753. The number of aromatic nitrogens is 2. The van der Waals surface area contributed by atoms with E-state index < -0.39 is 0 Å². The number of nitrogens with one attached hydrogen (secondary N) is 1. The Balaban J connectivity index is 1.50. The zero-order valence-electron chi connectivity index (χ0n) is 16.5. The highest BCUT2D eigenvalue weighted by Crippen LogP contribution is 2.22. The van der Waals surface area contributed by atoms with Gasteiger partial charge in [-0.3, -0.25) is 9.58 Å². The number of piperazine rings is 1. The molecule has 0 unspecified atom stereocenters. The fourth-order valence-corrected chi connectivity index (χ4v) is 3.67. The average molecular weight is 364 g/mol. The number of ether oxygens (including phenoxy) is 1. The van der Waals surface area contributed by atoms with Gasteiger partial charge in [-0.05, 0) is 19.3 Å². The zero-order chi connectivity index (χ0) is 18.5. The van der Waals surface area contributed by atoms with Crippen LogP contribution in [0, 0.1) is 5.92 Å². The zero-order valence-corrected chi connectivity index (χ0v) is 16.5. The third-order valence-corrected chi connectivity index (χ3v) is 5.31. The summed E-state index contributed by atoms with van der Waals surface area (Å²) in [4.78, 5) is 16.6. The van der Waals surface area contributed by atoms with Gasteiger partial charge in [-0.2, -0.15) is 5.10 Å². The number of hydrogen-bond acceptors (Lipinski definition) is 4. The van der Waals surface area contributed by atoms with Crippen molar-refractivity contribution in [3.63, 3.8) is 0 Å². The molecule has 0 radical (unpaired) electrons. The largest absolute Gasteiger partial charge is 0.376 e. The minimum absolute atomic E-state index is 0.0753. The molecule has 26 heavy (non-hydrogen) atoms. The van der Waals surface area contributed by atoms with Crippen molar-refractivity contribution in [3.05, 3.63) is 17.0 Å². The quantitative estimate of drug-likeness (QED) is 0.838. The highest BCUT2D eigenvalue weighted by Gasteiger charge is 2.25. The van der Waals surface area contributed by atoms with Crippen LogP contribution in [-0.4, -0.2) is 64.9 Å². The van der Waals surface area contributed by atoms with E-state index in [4.69, 9.17) is 9.84 Å². The molecule has 3 heterocycles. The molecular formula is C19H33N5O2. The fraction of sp³-hybridized carbons (Fsp3) is 0.789. The molecule has 7 heteroatoms. The highest BCUT2D eigenvalue weighted by molar-refractivity contribution is 5.74. The second kappa shape index (κ2) is 8.86. The Morgan fingerprint density at radius 2 is 2.04 bits per heavy atom. The molecular weight excluding hydrogens is 330 g/mol. The van der Waals surface area contributed by atoms with Crippen molar-refractivity contribution < 1.29 is 9.53 Å². The van der Waals surface area contributed by atoms with Crippen LogP contribution >= 0.6 is 0 Å². The van der Waals surface area contributed by atoms with Crippen molar-refractivity contribution in [1.82, 2.24) is 24.9 Å². The van der Waals surface area contributed by atoms with E-state index in [1.54, 1.807) is 0 Å². The first-order chi connectivity index (χ1) is 12.6. The van der Waals surface area contributed by atoms with Crippen LogP contribution in [0.3, 0.4) is 0 Å². The first-order valence-electron chi connectivity index (χ1n) is 9.98. The van der Waals surface area contributed by atoms with Crippen molar-refractivity contribution in [2.75, 3.05) is 39.3 Å². The minimum Gasteiger partial charge on any atom is -0.376 e. The van der Waals surface area contributed by atoms with Gasteiger partial charge in [0.2, 0.25) is 0 Å². The van der Waals surface area contributed by atoms with Gasteiger partial charge in [-0.25, -0.2) is 4.79 Å². The van der Waals surface area contributed by atoms with Crippen LogP contribution in [0.25, 0.3) is 0 Å². The number of carbonyl (C=O) groups is 1. The molecule has 2 amide bonds. The predicted octanol–water partition coefficient (Wildman–Crippen LogP) is 1.85. The molecule has 2 aliphatic rings. The summed E-state index contributed by atoms with van der Waals surface area (Å²) in [5, 5.41) is 7.85. The molecule has 0 saturated carbocycles. The smallest absolute Gasteiger partial charge is 0.317 e. The Kier molecular flexibility index (Phi) is 6.53. The third-order valence-electron chi connectivity index (χ3n) is 5.31. The number of aryl methyl sites for hydroxylation is 1. The fourth-order valence-electron chi connectivity index (χ4n) is 3.67. The Morgan fingerprint density at radius 3 is 2.73 bits per heavy atom. The monoisotopic (exact) mass is 363 g/mol. The number of hydrogen-bond donors (Lipinski definition) is 1. The molecule has 1 fully saturated rings. The molecule has 0 aliphatic carbocycles. The maximum absolute atomic E-state index is 12.2. The van der Waals surface area contributed by atoms with Crippen LogP contribution in [0.1, 0.15) is 44.1 Å². The summed E-state index contributed by atoms with van der Waals surface area (Å²) < 4.78 is 7.78. The summed E-state index contributed by atoms with van der Waals surface area (Å²) >= 11 is 0. The van der Waals surface area contributed by atoms with Gasteiger partial charge < -0.3 is 15.0 Å². The van der Waals surface area contributed by atoms with E-state index in [0.717, 1.165) is 71.0 Å². The van der Waals surface area contributed by atoms with Gasteiger partial charge in [0.25, 0.3) is 0 Å². The molecule has 1 saturated heterocycles. The number of carbonyl (C=O) groups excluding carboxylic acids is 1. The van der Waals surface area contributed by atoms with Crippen molar-refractivity contribution in [3.8, 4) is 0 Å². The molecule has 2 aliphatic heterocycles. The highest BCUT2D eigenvalue weighted by atomic mass is 16.5. The number of rotatable bonds is 6. The van der Waals surface area contributed by atoms with Gasteiger partial charge in [0.1, 0.15) is 0 Å². The first kappa shape index (κ1) is 19.2. The van der Waals surface area contributed by atoms with Crippen molar-refractivity contribution >= 4 is 6.03 Å². The standard InChI is InChI=1S/C19H33N5O2/c1-4-24-18-6-12-26-14-16(18)17(21-24)13-22-8-10-23(11-9-22)19(25)20-7-5-15(2)3/h15H,4-14H2,1-3H3,(H,20,25). The van der Waals surface area contributed by atoms with Crippen LogP contribution < -0.4 is 5.32 Å². The van der Waals surface area contributed by atoms with E-state index in [1.807, 2.05) is 4.90 Å². The van der Waals surface area contributed by atoms with Gasteiger partial charge >= 0.3 is 6.03 Å². The second-order valence-electron chi connectivity index (χ2n) is 7.67. The summed E-state index contributed by atoms with van der Waals surface area (Å²) in [5.74, 6) is 0.616. The van der Waals surface area contributed by atoms with Crippen LogP contribution in [0.5, 0.6) is 0 Å². The molecule has 0 bridgehead atoms. The molecule has 0 aromatic carbocycles. The summed E-state index contributed by atoms with van der Waals surface area (Å²) in [7, 11) is 0. The number of nitrogens with zero attached hydrogens (tertiary/aromatic N) is 4. The molecule has 1 aromatic rings. The lowest BCUT2D eigenvalue weighted by Crippen LogP contribution is -2.51.